The zero-order valence-corrected chi connectivity index (χ0v) is 13.8. The van der Waals surface area contributed by atoms with Gasteiger partial charge in [-0.1, -0.05) is 11.6 Å². The molecule has 5 nitrogen and oxygen atoms in total. The van der Waals surface area contributed by atoms with Gasteiger partial charge in [-0.05, 0) is 19.1 Å². The highest BCUT2D eigenvalue weighted by molar-refractivity contribution is 7.89. The minimum absolute atomic E-state index is 0.135. The molecule has 0 bridgehead atoms. The third-order valence-electron chi connectivity index (χ3n) is 3.26. The molecule has 2 rings (SSSR count). The van der Waals surface area contributed by atoms with E-state index in [-0.39, 0.29) is 11.8 Å². The molecule has 8 heteroatoms. The highest BCUT2D eigenvalue weighted by Gasteiger charge is 2.19. The number of rotatable bonds is 6. The topological polar surface area (TPSA) is 61.4 Å². The van der Waals surface area contributed by atoms with Gasteiger partial charge >= 0.3 is 0 Å². The zero-order valence-electron chi connectivity index (χ0n) is 11.4. The van der Waals surface area contributed by atoms with Crippen LogP contribution in [-0.4, -0.2) is 51.8 Å². The van der Waals surface area contributed by atoms with Crippen LogP contribution < -0.4 is 10.0 Å². The second-order valence-corrected chi connectivity index (χ2v) is 8.51. The molecule has 0 spiro atoms. The first kappa shape index (κ1) is 16.2. The van der Waals surface area contributed by atoms with E-state index in [1.54, 1.807) is 6.07 Å². The minimum Gasteiger partial charge on any atom is -0.314 e. The number of nitrogens with one attached hydrogen (secondary N) is 2. The van der Waals surface area contributed by atoms with Crippen molar-refractivity contribution in [2.75, 3.05) is 38.5 Å². The summed E-state index contributed by atoms with van der Waals surface area (Å²) in [6.07, 6.45) is 0. The van der Waals surface area contributed by atoms with E-state index in [2.05, 4.69) is 14.9 Å². The van der Waals surface area contributed by atoms with Gasteiger partial charge < -0.3 is 5.32 Å². The van der Waals surface area contributed by atoms with Crippen LogP contribution >= 0.6 is 22.9 Å². The zero-order chi connectivity index (χ0) is 14.6. The van der Waals surface area contributed by atoms with Gasteiger partial charge in [-0.3, -0.25) is 4.90 Å². The Hall–Kier alpha value is -0.180. The third kappa shape index (κ3) is 4.98. The predicted molar refractivity (Wildman–Crippen MR) is 84.0 cm³/mol. The quantitative estimate of drug-likeness (QED) is 0.821. The fraction of sp³-hybridized carbons (Fsp3) is 0.667. The molecule has 1 aliphatic heterocycles. The monoisotopic (exact) mass is 337 g/mol. The number of halogens is 1. The van der Waals surface area contributed by atoms with E-state index in [1.807, 2.05) is 13.0 Å². The van der Waals surface area contributed by atoms with Crippen molar-refractivity contribution in [3.8, 4) is 0 Å². The largest absolute Gasteiger partial charge is 0.314 e. The molecule has 20 heavy (non-hydrogen) atoms. The summed E-state index contributed by atoms with van der Waals surface area (Å²) in [5.74, 6) is 0.135. The van der Waals surface area contributed by atoms with Gasteiger partial charge in [0.2, 0.25) is 10.0 Å². The number of sulfonamides is 1. The van der Waals surface area contributed by atoms with Gasteiger partial charge in [-0.2, -0.15) is 0 Å². The molecule has 1 aliphatic rings. The second kappa shape index (κ2) is 7.20. The van der Waals surface area contributed by atoms with Crippen molar-refractivity contribution in [1.29, 1.82) is 0 Å². The first-order chi connectivity index (χ1) is 9.46. The van der Waals surface area contributed by atoms with E-state index in [9.17, 15) is 8.42 Å². The standard InChI is InChI=1S/C12H20ClN3O2S2/c1-10(11-2-3-12(13)19-11)15-20(17,18)9-8-16-6-4-14-5-7-16/h2-3,10,14-15H,4-9H2,1H3. The average molecular weight is 338 g/mol. The molecular weight excluding hydrogens is 318 g/mol. The molecule has 1 atom stereocenters. The van der Waals surface area contributed by atoms with Crippen molar-refractivity contribution in [2.24, 2.45) is 0 Å². The summed E-state index contributed by atoms with van der Waals surface area (Å²) in [6.45, 7) is 6.09. The van der Waals surface area contributed by atoms with Crippen molar-refractivity contribution >= 4 is 33.0 Å². The molecule has 1 aromatic heterocycles. The van der Waals surface area contributed by atoms with Gasteiger partial charge in [0.25, 0.3) is 0 Å². The Kier molecular flexibility index (Phi) is 5.83. The van der Waals surface area contributed by atoms with Gasteiger partial charge in [-0.25, -0.2) is 13.1 Å². The highest BCUT2D eigenvalue weighted by atomic mass is 35.5. The van der Waals surface area contributed by atoms with Crippen LogP contribution in [0, 0.1) is 0 Å². The van der Waals surface area contributed by atoms with E-state index < -0.39 is 10.0 Å². The normalized spacial score (nSPS) is 19.1. The summed E-state index contributed by atoms with van der Waals surface area (Å²) < 4.78 is 27.5. The molecule has 2 heterocycles. The summed E-state index contributed by atoms with van der Waals surface area (Å²) in [4.78, 5) is 3.10. The lowest BCUT2D eigenvalue weighted by Crippen LogP contribution is -2.46. The lowest BCUT2D eigenvalue weighted by molar-refractivity contribution is 0.253. The molecule has 0 radical (unpaired) electrons. The van der Waals surface area contributed by atoms with Gasteiger partial charge in [0.1, 0.15) is 0 Å². The van der Waals surface area contributed by atoms with Crippen LogP contribution in [0.5, 0.6) is 0 Å². The molecule has 0 aliphatic carbocycles. The Bertz CT molecular complexity index is 527. The van der Waals surface area contributed by atoms with Crippen molar-refractivity contribution in [2.45, 2.75) is 13.0 Å². The Morgan fingerprint density at radius 3 is 2.75 bits per heavy atom. The summed E-state index contributed by atoms with van der Waals surface area (Å²) in [6, 6.07) is 3.41. The second-order valence-electron chi connectivity index (χ2n) is 4.89. The van der Waals surface area contributed by atoms with Crippen molar-refractivity contribution < 1.29 is 8.42 Å². The summed E-state index contributed by atoms with van der Waals surface area (Å²) in [7, 11) is -3.27. The Morgan fingerprint density at radius 1 is 1.45 bits per heavy atom. The van der Waals surface area contributed by atoms with Crippen LogP contribution in [0.25, 0.3) is 0 Å². The number of hydrogen-bond donors (Lipinski definition) is 2. The third-order valence-corrected chi connectivity index (χ3v) is 6.11. The smallest absolute Gasteiger partial charge is 0.213 e. The SMILES string of the molecule is CC(NS(=O)(=O)CCN1CCNCC1)c1ccc(Cl)s1. The summed E-state index contributed by atoms with van der Waals surface area (Å²) >= 11 is 7.27. The Morgan fingerprint density at radius 2 is 2.15 bits per heavy atom. The Balaban J connectivity index is 1.83. The molecule has 114 valence electrons. The van der Waals surface area contributed by atoms with E-state index in [4.69, 9.17) is 11.6 Å². The lowest BCUT2D eigenvalue weighted by Gasteiger charge is -2.27. The van der Waals surface area contributed by atoms with Crippen LogP contribution in [0.3, 0.4) is 0 Å². The predicted octanol–water partition coefficient (Wildman–Crippen LogP) is 1.29. The fourth-order valence-electron chi connectivity index (χ4n) is 2.13. The van der Waals surface area contributed by atoms with Gasteiger partial charge in [-0.15, -0.1) is 11.3 Å². The van der Waals surface area contributed by atoms with Crippen LogP contribution in [-0.2, 0) is 10.0 Å². The molecule has 2 N–H and O–H groups in total. The maximum atomic E-state index is 12.1. The van der Waals surface area contributed by atoms with E-state index >= 15 is 0 Å². The summed E-state index contributed by atoms with van der Waals surface area (Å²) in [5, 5.41) is 3.25. The van der Waals surface area contributed by atoms with Crippen LogP contribution in [0.2, 0.25) is 4.34 Å². The number of nitrogens with zero attached hydrogens (tertiary/aromatic N) is 1. The Labute approximate surface area is 129 Å². The van der Waals surface area contributed by atoms with E-state index in [0.717, 1.165) is 31.1 Å². The molecule has 1 fully saturated rings. The first-order valence-corrected chi connectivity index (χ1v) is 9.49. The van der Waals surface area contributed by atoms with Crippen molar-refractivity contribution in [1.82, 2.24) is 14.9 Å². The molecular formula is C12H20ClN3O2S2. The molecule has 1 unspecified atom stereocenters. The molecule has 0 saturated carbocycles. The van der Waals surface area contributed by atoms with E-state index in [1.165, 1.54) is 11.3 Å². The van der Waals surface area contributed by atoms with Crippen LogP contribution in [0.15, 0.2) is 12.1 Å². The summed E-state index contributed by atoms with van der Waals surface area (Å²) in [5.41, 5.74) is 0. The maximum Gasteiger partial charge on any atom is 0.213 e. The molecule has 1 saturated heterocycles. The van der Waals surface area contributed by atoms with Crippen molar-refractivity contribution in [3.05, 3.63) is 21.3 Å². The number of thiophene rings is 1. The average Bonchev–Trinajstić information content (AvgIpc) is 2.84. The van der Waals surface area contributed by atoms with Crippen LogP contribution in [0.4, 0.5) is 0 Å². The highest BCUT2D eigenvalue weighted by Crippen LogP contribution is 2.26. The fourth-order valence-corrected chi connectivity index (χ4v) is 4.55. The van der Waals surface area contributed by atoms with Crippen LogP contribution in [0.1, 0.15) is 17.8 Å². The van der Waals surface area contributed by atoms with Gasteiger partial charge in [0, 0.05) is 37.6 Å². The lowest BCUT2D eigenvalue weighted by atomic mass is 10.3. The maximum absolute atomic E-state index is 12.1. The molecule has 0 aromatic carbocycles. The van der Waals surface area contributed by atoms with E-state index in [0.29, 0.717) is 10.9 Å². The van der Waals surface area contributed by atoms with Gasteiger partial charge in [0.05, 0.1) is 16.1 Å². The molecule has 0 amide bonds. The number of piperazine rings is 1. The molecule has 1 aromatic rings. The minimum atomic E-state index is -3.27. The van der Waals surface area contributed by atoms with Gasteiger partial charge in [0.15, 0.2) is 0 Å². The number of hydrogen-bond acceptors (Lipinski definition) is 5. The van der Waals surface area contributed by atoms with Crippen molar-refractivity contribution in [3.63, 3.8) is 0 Å². The first-order valence-electron chi connectivity index (χ1n) is 6.64.